The number of likely N-dealkylation sites (N-methyl/N-ethyl adjacent to an activating group) is 1. The predicted molar refractivity (Wildman–Crippen MR) is 101 cm³/mol. The Morgan fingerprint density at radius 2 is 2.08 bits per heavy atom. The van der Waals surface area contributed by atoms with Crippen LogP contribution in [0.25, 0.3) is 0 Å². The van der Waals surface area contributed by atoms with E-state index in [1.54, 1.807) is 0 Å². The lowest BCUT2D eigenvalue weighted by molar-refractivity contribution is -0.905. The van der Waals surface area contributed by atoms with Gasteiger partial charge >= 0.3 is 0 Å². The van der Waals surface area contributed by atoms with Crippen LogP contribution in [0.4, 0.5) is 5.69 Å². The van der Waals surface area contributed by atoms with Crippen LogP contribution in [0.3, 0.4) is 0 Å². The molecule has 1 amide bonds. The highest BCUT2D eigenvalue weighted by molar-refractivity contribution is 9.10. The van der Waals surface area contributed by atoms with Gasteiger partial charge in [-0.1, -0.05) is 30.3 Å². The summed E-state index contributed by atoms with van der Waals surface area (Å²) in [6, 6.07) is 15.0. The highest BCUT2D eigenvalue weighted by Gasteiger charge is 2.28. The van der Waals surface area contributed by atoms with Crippen LogP contribution in [-0.2, 0) is 11.2 Å². The van der Waals surface area contributed by atoms with E-state index in [0.29, 0.717) is 12.6 Å². The van der Waals surface area contributed by atoms with E-state index < -0.39 is 0 Å². The molecule has 24 heavy (non-hydrogen) atoms. The molecule has 0 saturated heterocycles. The van der Waals surface area contributed by atoms with Gasteiger partial charge in [-0.15, -0.1) is 0 Å². The van der Waals surface area contributed by atoms with Crippen molar-refractivity contribution in [3.8, 4) is 0 Å². The molecule has 3 nitrogen and oxygen atoms in total. The fourth-order valence-electron chi connectivity index (χ4n) is 3.56. The first-order chi connectivity index (χ1) is 11.5. The lowest BCUT2D eigenvalue weighted by Gasteiger charge is -2.30. The zero-order valence-electron chi connectivity index (χ0n) is 14.2. The van der Waals surface area contributed by atoms with Crippen LogP contribution in [-0.4, -0.2) is 19.5 Å². The quantitative estimate of drug-likeness (QED) is 0.828. The summed E-state index contributed by atoms with van der Waals surface area (Å²) in [7, 11) is 2.12. The van der Waals surface area contributed by atoms with Gasteiger partial charge < -0.3 is 10.2 Å². The molecule has 0 aromatic heterocycles. The largest absolute Gasteiger partial charge is 0.323 e. The van der Waals surface area contributed by atoms with Crippen LogP contribution < -0.4 is 10.2 Å². The SMILES string of the molecule is Cc1ccc(NC(=O)C[NH+](C)[C@@H]2CCCc3ccccc32)c(Br)c1. The molecule has 2 atom stereocenters. The highest BCUT2D eigenvalue weighted by atomic mass is 79.9. The average Bonchev–Trinajstić information content (AvgIpc) is 2.57. The van der Waals surface area contributed by atoms with Crippen LogP contribution in [0.1, 0.15) is 35.6 Å². The van der Waals surface area contributed by atoms with Crippen molar-refractivity contribution < 1.29 is 9.69 Å². The monoisotopic (exact) mass is 387 g/mol. The maximum absolute atomic E-state index is 12.5. The van der Waals surface area contributed by atoms with Gasteiger partial charge in [0.15, 0.2) is 6.54 Å². The molecular formula is C20H24BrN2O+. The number of quaternary nitrogens is 1. The second-order valence-electron chi connectivity index (χ2n) is 6.70. The first-order valence-corrected chi connectivity index (χ1v) is 9.30. The van der Waals surface area contributed by atoms with E-state index in [9.17, 15) is 4.79 Å². The molecule has 2 aromatic carbocycles. The van der Waals surface area contributed by atoms with Gasteiger partial charge in [0.05, 0.1) is 12.7 Å². The molecule has 0 heterocycles. The molecule has 3 rings (SSSR count). The molecule has 0 saturated carbocycles. The number of anilines is 1. The molecule has 1 aliphatic carbocycles. The lowest BCUT2D eigenvalue weighted by Crippen LogP contribution is -3.10. The lowest BCUT2D eigenvalue weighted by atomic mass is 9.87. The number of aryl methyl sites for hydroxylation is 2. The average molecular weight is 388 g/mol. The molecular weight excluding hydrogens is 364 g/mol. The van der Waals surface area contributed by atoms with Gasteiger partial charge in [0, 0.05) is 16.5 Å². The Kier molecular flexibility index (Phi) is 5.36. The number of carbonyl (C=O) groups excluding carboxylic acids is 1. The van der Waals surface area contributed by atoms with Gasteiger partial charge in [-0.05, 0) is 59.0 Å². The Labute approximate surface area is 152 Å². The summed E-state index contributed by atoms with van der Waals surface area (Å²) in [5.41, 5.74) is 4.85. The number of amides is 1. The van der Waals surface area contributed by atoms with Crippen LogP contribution in [0.2, 0.25) is 0 Å². The van der Waals surface area contributed by atoms with Gasteiger partial charge in [-0.2, -0.15) is 0 Å². The molecule has 2 aromatic rings. The number of carbonyl (C=O) groups is 1. The molecule has 1 aliphatic rings. The second kappa shape index (κ2) is 7.49. The molecule has 0 radical (unpaired) electrons. The third kappa shape index (κ3) is 3.87. The standard InChI is InChI=1S/C20H23BrN2O/c1-14-10-11-18(17(21)12-14)22-20(24)13-23(2)19-9-5-7-15-6-3-4-8-16(15)19/h3-4,6,8,10-12,19H,5,7,9,13H2,1-2H3,(H,22,24)/p+1/t19-/m1/s1. The number of fused-ring (bicyclic) bond motifs is 1. The molecule has 1 unspecified atom stereocenters. The van der Waals surface area contributed by atoms with Gasteiger partial charge in [0.2, 0.25) is 0 Å². The van der Waals surface area contributed by atoms with E-state index >= 15 is 0 Å². The summed E-state index contributed by atoms with van der Waals surface area (Å²) in [6.07, 6.45) is 3.50. The van der Waals surface area contributed by atoms with Crippen LogP contribution in [0.15, 0.2) is 46.9 Å². The predicted octanol–water partition coefficient (Wildman–Crippen LogP) is 3.29. The van der Waals surface area contributed by atoms with Gasteiger partial charge in [0.1, 0.15) is 6.04 Å². The van der Waals surface area contributed by atoms with Crippen molar-refractivity contribution >= 4 is 27.5 Å². The minimum atomic E-state index is 0.0557. The van der Waals surface area contributed by atoms with E-state index in [1.165, 1.54) is 28.0 Å². The van der Waals surface area contributed by atoms with Crippen LogP contribution in [0, 0.1) is 6.92 Å². The minimum absolute atomic E-state index is 0.0557. The molecule has 0 bridgehead atoms. The number of hydrogen-bond acceptors (Lipinski definition) is 1. The van der Waals surface area contributed by atoms with Crippen molar-refractivity contribution in [2.24, 2.45) is 0 Å². The van der Waals surface area contributed by atoms with Crippen molar-refractivity contribution in [1.82, 2.24) is 0 Å². The summed E-state index contributed by atoms with van der Waals surface area (Å²) in [5, 5.41) is 3.02. The van der Waals surface area contributed by atoms with E-state index in [2.05, 4.69) is 52.6 Å². The normalized spacial score (nSPS) is 17.9. The fraction of sp³-hybridized carbons (Fsp3) is 0.350. The number of hydrogen-bond donors (Lipinski definition) is 2. The van der Waals surface area contributed by atoms with Crippen molar-refractivity contribution in [2.45, 2.75) is 32.2 Å². The van der Waals surface area contributed by atoms with E-state index in [0.717, 1.165) is 23.0 Å². The Morgan fingerprint density at radius 1 is 1.29 bits per heavy atom. The summed E-state index contributed by atoms with van der Waals surface area (Å²) in [4.78, 5) is 13.7. The Morgan fingerprint density at radius 3 is 2.88 bits per heavy atom. The van der Waals surface area contributed by atoms with Crippen LogP contribution in [0.5, 0.6) is 0 Å². The van der Waals surface area contributed by atoms with Gasteiger partial charge in [-0.3, -0.25) is 4.79 Å². The summed E-state index contributed by atoms with van der Waals surface area (Å²) in [5.74, 6) is 0.0557. The summed E-state index contributed by atoms with van der Waals surface area (Å²) < 4.78 is 0.927. The number of rotatable bonds is 4. The van der Waals surface area contributed by atoms with Crippen molar-refractivity contribution in [3.63, 3.8) is 0 Å². The fourth-order valence-corrected chi connectivity index (χ4v) is 4.15. The van der Waals surface area contributed by atoms with Crippen molar-refractivity contribution in [3.05, 3.63) is 63.6 Å². The molecule has 0 spiro atoms. The van der Waals surface area contributed by atoms with Gasteiger partial charge in [-0.25, -0.2) is 0 Å². The Hall–Kier alpha value is -1.65. The molecule has 0 fully saturated rings. The Bertz CT molecular complexity index is 744. The van der Waals surface area contributed by atoms with Gasteiger partial charge in [0.25, 0.3) is 5.91 Å². The topological polar surface area (TPSA) is 33.5 Å². The third-order valence-corrected chi connectivity index (χ3v) is 5.46. The first-order valence-electron chi connectivity index (χ1n) is 8.50. The van der Waals surface area contributed by atoms with E-state index in [4.69, 9.17) is 0 Å². The molecule has 4 heteroatoms. The maximum atomic E-state index is 12.5. The zero-order valence-corrected chi connectivity index (χ0v) is 15.8. The third-order valence-electron chi connectivity index (χ3n) is 4.80. The zero-order chi connectivity index (χ0) is 17.1. The maximum Gasteiger partial charge on any atom is 0.279 e. The smallest absolute Gasteiger partial charge is 0.279 e. The number of benzene rings is 2. The first kappa shape index (κ1) is 17.2. The van der Waals surface area contributed by atoms with E-state index in [-0.39, 0.29) is 5.91 Å². The van der Waals surface area contributed by atoms with Crippen molar-refractivity contribution in [1.29, 1.82) is 0 Å². The van der Waals surface area contributed by atoms with Crippen molar-refractivity contribution in [2.75, 3.05) is 18.9 Å². The minimum Gasteiger partial charge on any atom is -0.323 e. The summed E-state index contributed by atoms with van der Waals surface area (Å²) >= 11 is 3.52. The summed E-state index contributed by atoms with van der Waals surface area (Å²) in [6.45, 7) is 2.51. The number of halogens is 1. The highest BCUT2D eigenvalue weighted by Crippen LogP contribution is 2.27. The van der Waals surface area contributed by atoms with E-state index in [1.807, 2.05) is 25.1 Å². The molecule has 0 aliphatic heterocycles. The van der Waals surface area contributed by atoms with Crippen LogP contribution >= 0.6 is 15.9 Å². The number of nitrogens with one attached hydrogen (secondary N) is 2. The molecule has 2 N–H and O–H groups in total. The molecule has 126 valence electrons. The second-order valence-corrected chi connectivity index (χ2v) is 7.55. The Balaban J connectivity index is 1.67.